The van der Waals surface area contributed by atoms with Gasteiger partial charge >= 0.3 is 0 Å². The Bertz CT molecular complexity index is 334. The highest BCUT2D eigenvalue weighted by Crippen LogP contribution is 2.15. The number of rotatable bonds is 2. The quantitative estimate of drug-likeness (QED) is 0.501. The minimum Gasteiger partial charge on any atom is -0.326 e. The van der Waals surface area contributed by atoms with Gasteiger partial charge in [-0.2, -0.15) is 0 Å². The van der Waals surface area contributed by atoms with Gasteiger partial charge in [0, 0.05) is 40.9 Å². The van der Waals surface area contributed by atoms with E-state index in [9.17, 15) is 9.59 Å². The van der Waals surface area contributed by atoms with Gasteiger partial charge in [-0.05, 0) is 18.2 Å². The lowest BCUT2D eigenvalue weighted by Gasteiger charge is -2.04. The summed E-state index contributed by atoms with van der Waals surface area (Å²) < 4.78 is -0.164. The second kappa shape index (κ2) is 4.94. The van der Waals surface area contributed by atoms with E-state index in [0.29, 0.717) is 11.4 Å². The number of carbonyl (C=O) groups is 2. The summed E-state index contributed by atoms with van der Waals surface area (Å²) in [7, 11) is 0. The van der Waals surface area contributed by atoms with Crippen molar-refractivity contribution >= 4 is 43.8 Å². The zero-order valence-corrected chi connectivity index (χ0v) is 9.66. The summed E-state index contributed by atoms with van der Waals surface area (Å²) in [4.78, 5) is 21.5. The number of benzene rings is 1. The maximum Gasteiger partial charge on any atom is 0.284 e. The molecule has 1 aromatic carbocycles. The molecule has 0 saturated heterocycles. The van der Waals surface area contributed by atoms with Crippen molar-refractivity contribution in [1.82, 2.24) is 0 Å². The van der Waals surface area contributed by atoms with Gasteiger partial charge in [0.1, 0.15) is 0 Å². The Hall–Kier alpha value is -1.11. The van der Waals surface area contributed by atoms with Gasteiger partial charge in [-0.15, -0.1) is 0 Å². The first-order chi connectivity index (χ1) is 6.58. The van der Waals surface area contributed by atoms with Crippen LogP contribution in [0.1, 0.15) is 6.92 Å². The molecule has 74 valence electrons. The van der Waals surface area contributed by atoms with Crippen LogP contribution in [-0.2, 0) is 4.79 Å². The fourth-order valence-corrected chi connectivity index (χ4v) is 1.30. The monoisotopic (exact) mass is 304 g/mol. The predicted molar refractivity (Wildman–Crippen MR) is 63.8 cm³/mol. The average Bonchev–Trinajstić information content (AvgIpc) is 2.01. The summed E-state index contributed by atoms with van der Waals surface area (Å²) in [6, 6.07) is 6.96. The zero-order valence-electron chi connectivity index (χ0n) is 7.50. The summed E-state index contributed by atoms with van der Waals surface area (Å²) in [5.74, 6) is -0.136. The molecule has 5 heteroatoms. The Morgan fingerprint density at radius 1 is 1.21 bits per heavy atom. The van der Waals surface area contributed by atoms with Crippen LogP contribution >= 0.6 is 22.6 Å². The standard InChI is InChI=1S/C9H9IN2O2/c1-6(13)11-7-3-2-4-8(5-7)12-9(10)14/h2-5H,1H3,(H,11,13)(H,12,14). The van der Waals surface area contributed by atoms with Crippen molar-refractivity contribution in [1.29, 1.82) is 0 Å². The lowest BCUT2D eigenvalue weighted by molar-refractivity contribution is -0.114. The number of hydrogen-bond acceptors (Lipinski definition) is 2. The molecule has 1 rings (SSSR count). The SMILES string of the molecule is CC(=O)Nc1cccc(NC(=O)I)c1. The lowest BCUT2D eigenvalue weighted by Crippen LogP contribution is -2.06. The van der Waals surface area contributed by atoms with Crippen LogP contribution in [0, 0.1) is 0 Å². The van der Waals surface area contributed by atoms with Crippen molar-refractivity contribution in [3.63, 3.8) is 0 Å². The predicted octanol–water partition coefficient (Wildman–Crippen LogP) is 2.61. The maximum absolute atomic E-state index is 10.7. The van der Waals surface area contributed by atoms with E-state index in [4.69, 9.17) is 0 Å². The Morgan fingerprint density at radius 3 is 2.29 bits per heavy atom. The number of hydrogen-bond donors (Lipinski definition) is 2. The number of amides is 2. The number of halogens is 1. The van der Waals surface area contributed by atoms with Gasteiger partial charge < -0.3 is 10.6 Å². The highest BCUT2D eigenvalue weighted by molar-refractivity contribution is 14.1. The molecule has 0 atom stereocenters. The minimum atomic E-state index is -0.164. The van der Waals surface area contributed by atoms with Crippen molar-refractivity contribution in [3.05, 3.63) is 24.3 Å². The summed E-state index contributed by atoms with van der Waals surface area (Å²) in [6.07, 6.45) is 0. The van der Waals surface area contributed by atoms with Crippen LogP contribution in [0.25, 0.3) is 0 Å². The summed E-state index contributed by atoms with van der Waals surface area (Å²) in [6.45, 7) is 1.43. The van der Waals surface area contributed by atoms with Gasteiger partial charge in [0.2, 0.25) is 5.91 Å². The number of anilines is 2. The van der Waals surface area contributed by atoms with E-state index in [1.165, 1.54) is 6.92 Å². The molecule has 0 unspecified atom stereocenters. The highest BCUT2D eigenvalue weighted by Gasteiger charge is 1.99. The topological polar surface area (TPSA) is 58.2 Å². The third kappa shape index (κ3) is 3.73. The molecule has 0 aliphatic heterocycles. The molecule has 14 heavy (non-hydrogen) atoms. The molecule has 0 heterocycles. The smallest absolute Gasteiger partial charge is 0.284 e. The van der Waals surface area contributed by atoms with Crippen molar-refractivity contribution < 1.29 is 9.59 Å². The molecule has 0 spiro atoms. The van der Waals surface area contributed by atoms with Gasteiger partial charge in [0.25, 0.3) is 3.91 Å². The molecule has 4 nitrogen and oxygen atoms in total. The molecular formula is C9H9IN2O2. The first-order valence-corrected chi connectivity index (χ1v) is 5.00. The second-order valence-electron chi connectivity index (χ2n) is 2.66. The van der Waals surface area contributed by atoms with Crippen molar-refractivity contribution in [3.8, 4) is 0 Å². The fraction of sp³-hybridized carbons (Fsp3) is 0.111. The second-order valence-corrected chi connectivity index (χ2v) is 3.64. The number of nitrogens with one attached hydrogen (secondary N) is 2. The Balaban J connectivity index is 2.78. The van der Waals surface area contributed by atoms with Crippen LogP contribution in [-0.4, -0.2) is 9.82 Å². The first kappa shape index (κ1) is 11.0. The molecule has 2 N–H and O–H groups in total. The van der Waals surface area contributed by atoms with Crippen molar-refractivity contribution in [2.75, 3.05) is 10.6 Å². The molecule has 0 aliphatic carbocycles. The van der Waals surface area contributed by atoms with Crippen molar-refractivity contribution in [2.24, 2.45) is 0 Å². The lowest BCUT2D eigenvalue weighted by atomic mass is 10.3. The third-order valence-corrected chi connectivity index (χ3v) is 1.70. The van der Waals surface area contributed by atoms with Gasteiger partial charge in [0.15, 0.2) is 0 Å². The van der Waals surface area contributed by atoms with E-state index in [1.54, 1.807) is 46.9 Å². The molecule has 0 saturated carbocycles. The molecule has 0 aliphatic rings. The largest absolute Gasteiger partial charge is 0.326 e. The van der Waals surface area contributed by atoms with E-state index >= 15 is 0 Å². The van der Waals surface area contributed by atoms with Crippen LogP contribution < -0.4 is 10.6 Å². The zero-order chi connectivity index (χ0) is 10.6. The van der Waals surface area contributed by atoms with E-state index in [1.807, 2.05) is 0 Å². The van der Waals surface area contributed by atoms with Crippen molar-refractivity contribution in [2.45, 2.75) is 6.92 Å². The van der Waals surface area contributed by atoms with Gasteiger partial charge in [0.05, 0.1) is 0 Å². The first-order valence-electron chi connectivity index (χ1n) is 3.92. The molecule has 1 aromatic rings. The summed E-state index contributed by atoms with van der Waals surface area (Å²) in [5, 5.41) is 5.24. The van der Waals surface area contributed by atoms with E-state index in [2.05, 4.69) is 10.6 Å². The van der Waals surface area contributed by atoms with E-state index in [-0.39, 0.29) is 9.82 Å². The minimum absolute atomic E-state index is 0.136. The Morgan fingerprint density at radius 2 is 1.79 bits per heavy atom. The average molecular weight is 304 g/mol. The summed E-state index contributed by atoms with van der Waals surface area (Å²) in [5.41, 5.74) is 1.33. The van der Waals surface area contributed by atoms with Crippen LogP contribution in [0.3, 0.4) is 0 Å². The van der Waals surface area contributed by atoms with Crippen LogP contribution in [0.2, 0.25) is 0 Å². The molecular weight excluding hydrogens is 295 g/mol. The molecule has 0 radical (unpaired) electrons. The van der Waals surface area contributed by atoms with Gasteiger partial charge in [-0.3, -0.25) is 9.59 Å². The molecule has 2 amide bonds. The van der Waals surface area contributed by atoms with E-state index < -0.39 is 0 Å². The van der Waals surface area contributed by atoms with Crippen LogP contribution in [0.15, 0.2) is 24.3 Å². The summed E-state index contributed by atoms with van der Waals surface area (Å²) >= 11 is 1.65. The van der Waals surface area contributed by atoms with E-state index in [0.717, 1.165) is 0 Å². The fourth-order valence-electron chi connectivity index (χ4n) is 0.991. The van der Waals surface area contributed by atoms with Crippen LogP contribution in [0.4, 0.5) is 16.2 Å². The molecule has 0 bridgehead atoms. The Labute approximate surface area is 95.2 Å². The molecule has 0 fully saturated rings. The Kier molecular flexibility index (Phi) is 3.87. The normalized spacial score (nSPS) is 9.29. The maximum atomic E-state index is 10.7. The highest BCUT2D eigenvalue weighted by atomic mass is 127. The van der Waals surface area contributed by atoms with Gasteiger partial charge in [-0.25, -0.2) is 0 Å². The van der Waals surface area contributed by atoms with Crippen LogP contribution in [0.5, 0.6) is 0 Å². The number of carbonyl (C=O) groups excluding carboxylic acids is 2. The molecule has 0 aromatic heterocycles. The van der Waals surface area contributed by atoms with Gasteiger partial charge in [-0.1, -0.05) is 6.07 Å². The third-order valence-electron chi connectivity index (χ3n) is 1.43.